The van der Waals surface area contributed by atoms with Gasteiger partial charge >= 0.3 is 0 Å². The number of likely N-dealkylation sites (tertiary alicyclic amines) is 2. The van der Waals surface area contributed by atoms with Gasteiger partial charge in [0, 0.05) is 45.1 Å². The fraction of sp³-hybridized carbons (Fsp3) is 0.632. The van der Waals surface area contributed by atoms with Crippen molar-refractivity contribution in [3.05, 3.63) is 34.6 Å². The zero-order valence-electron chi connectivity index (χ0n) is 14.8. The van der Waals surface area contributed by atoms with Crippen molar-refractivity contribution in [3.8, 4) is 0 Å². The average Bonchev–Trinajstić information content (AvgIpc) is 2.59. The van der Waals surface area contributed by atoms with Crippen LogP contribution in [-0.2, 0) is 16.1 Å². The molecule has 6 heteroatoms. The molecule has 2 aliphatic heterocycles. The lowest BCUT2D eigenvalue weighted by Gasteiger charge is -2.48. The highest BCUT2D eigenvalue weighted by Crippen LogP contribution is 2.39. The number of ether oxygens (including phenoxy) is 1. The molecule has 0 radical (unpaired) electrons. The summed E-state index contributed by atoms with van der Waals surface area (Å²) in [6, 6.07) is 5.04. The van der Waals surface area contributed by atoms with E-state index in [0.29, 0.717) is 19.6 Å². The number of carbonyl (C=O) groups is 1. The van der Waals surface area contributed by atoms with E-state index in [1.54, 1.807) is 13.2 Å². The average molecular weight is 369 g/mol. The van der Waals surface area contributed by atoms with Gasteiger partial charge in [-0.3, -0.25) is 9.69 Å². The summed E-state index contributed by atoms with van der Waals surface area (Å²) in [5, 5.41) is 0.165. The standard InChI is InChI=1S/C19H26ClFN2O2/c1-25-10-9-23-14-19(7-5-18(23)24)6-2-8-22(13-19)12-15-3-4-16(20)17(21)11-15/h3-4,11H,2,5-10,12-14H2,1H3. The van der Waals surface area contributed by atoms with Gasteiger partial charge in [0.1, 0.15) is 5.82 Å². The van der Waals surface area contributed by atoms with Crippen LogP contribution in [0.15, 0.2) is 18.2 Å². The van der Waals surface area contributed by atoms with Gasteiger partial charge in [-0.1, -0.05) is 17.7 Å². The van der Waals surface area contributed by atoms with Crippen LogP contribution in [0.1, 0.15) is 31.2 Å². The van der Waals surface area contributed by atoms with Crippen molar-refractivity contribution in [2.24, 2.45) is 5.41 Å². The first kappa shape index (κ1) is 18.6. The molecule has 0 aliphatic carbocycles. The summed E-state index contributed by atoms with van der Waals surface area (Å²) < 4.78 is 18.8. The first-order valence-corrected chi connectivity index (χ1v) is 9.32. The van der Waals surface area contributed by atoms with Gasteiger partial charge in [-0.05, 0) is 43.5 Å². The molecule has 0 bridgehead atoms. The highest BCUT2D eigenvalue weighted by Gasteiger charge is 2.41. The van der Waals surface area contributed by atoms with Crippen LogP contribution in [0.25, 0.3) is 0 Å². The smallest absolute Gasteiger partial charge is 0.222 e. The van der Waals surface area contributed by atoms with Gasteiger partial charge in [-0.15, -0.1) is 0 Å². The molecule has 1 spiro atoms. The minimum atomic E-state index is -0.361. The summed E-state index contributed by atoms with van der Waals surface area (Å²) in [5.74, 6) is -0.125. The van der Waals surface area contributed by atoms with E-state index in [0.717, 1.165) is 51.0 Å². The lowest BCUT2D eigenvalue weighted by molar-refractivity contribution is -0.140. The molecule has 3 rings (SSSR count). The molecule has 4 nitrogen and oxygen atoms in total. The molecule has 25 heavy (non-hydrogen) atoms. The van der Waals surface area contributed by atoms with Crippen molar-refractivity contribution in [1.82, 2.24) is 9.80 Å². The van der Waals surface area contributed by atoms with Gasteiger partial charge in [0.25, 0.3) is 0 Å². The Morgan fingerprint density at radius 1 is 1.32 bits per heavy atom. The Labute approximate surface area is 153 Å². The largest absolute Gasteiger partial charge is 0.383 e. The SMILES string of the molecule is COCCN1CC2(CCCN(Cc3ccc(Cl)c(F)c3)C2)CCC1=O. The number of hydrogen-bond donors (Lipinski definition) is 0. The molecule has 2 fully saturated rings. The lowest BCUT2D eigenvalue weighted by atomic mass is 9.73. The third kappa shape index (κ3) is 4.52. The van der Waals surface area contributed by atoms with E-state index in [9.17, 15) is 9.18 Å². The highest BCUT2D eigenvalue weighted by atomic mass is 35.5. The van der Waals surface area contributed by atoms with E-state index in [1.807, 2.05) is 11.0 Å². The summed E-state index contributed by atoms with van der Waals surface area (Å²) in [5.41, 5.74) is 1.10. The van der Waals surface area contributed by atoms with Crippen LogP contribution in [0.2, 0.25) is 5.02 Å². The van der Waals surface area contributed by atoms with E-state index < -0.39 is 0 Å². The fourth-order valence-corrected chi connectivity index (χ4v) is 4.30. The second-order valence-corrected chi connectivity index (χ2v) is 7.78. The second kappa shape index (κ2) is 8.02. The van der Waals surface area contributed by atoms with Crippen LogP contribution >= 0.6 is 11.6 Å². The molecular weight excluding hydrogens is 343 g/mol. The number of piperidine rings is 2. The van der Waals surface area contributed by atoms with Crippen LogP contribution in [0.5, 0.6) is 0 Å². The van der Waals surface area contributed by atoms with Crippen molar-refractivity contribution in [3.63, 3.8) is 0 Å². The minimum Gasteiger partial charge on any atom is -0.383 e. The van der Waals surface area contributed by atoms with Gasteiger partial charge in [0.05, 0.1) is 11.6 Å². The number of hydrogen-bond acceptors (Lipinski definition) is 3. The molecule has 0 N–H and O–H groups in total. The van der Waals surface area contributed by atoms with Crippen LogP contribution in [0.3, 0.4) is 0 Å². The predicted molar refractivity (Wildman–Crippen MR) is 96.0 cm³/mol. The van der Waals surface area contributed by atoms with E-state index in [2.05, 4.69) is 4.90 Å². The van der Waals surface area contributed by atoms with Gasteiger partial charge < -0.3 is 9.64 Å². The molecule has 1 aromatic rings. The summed E-state index contributed by atoms with van der Waals surface area (Å²) in [7, 11) is 1.66. The monoisotopic (exact) mass is 368 g/mol. The van der Waals surface area contributed by atoms with Gasteiger partial charge in [0.2, 0.25) is 5.91 Å². The number of rotatable bonds is 5. The Morgan fingerprint density at radius 2 is 2.16 bits per heavy atom. The van der Waals surface area contributed by atoms with Crippen molar-refractivity contribution in [2.45, 2.75) is 32.2 Å². The maximum atomic E-state index is 13.7. The molecule has 0 aromatic heterocycles. The van der Waals surface area contributed by atoms with Crippen LogP contribution in [-0.4, -0.2) is 55.6 Å². The third-order valence-electron chi connectivity index (χ3n) is 5.44. The second-order valence-electron chi connectivity index (χ2n) is 7.37. The Bertz CT molecular complexity index is 627. The Kier molecular flexibility index (Phi) is 5.97. The van der Waals surface area contributed by atoms with Crippen molar-refractivity contribution < 1.29 is 13.9 Å². The van der Waals surface area contributed by atoms with Crippen LogP contribution < -0.4 is 0 Å². The summed E-state index contributed by atoms with van der Waals surface area (Å²) in [6.45, 7) is 4.74. The van der Waals surface area contributed by atoms with E-state index in [1.165, 1.54) is 6.07 Å². The molecular formula is C19H26ClFN2O2. The molecule has 1 aromatic carbocycles. The molecule has 1 amide bonds. The quantitative estimate of drug-likeness (QED) is 0.799. The minimum absolute atomic E-state index is 0.158. The molecule has 2 saturated heterocycles. The number of carbonyl (C=O) groups excluding carboxylic acids is 1. The fourth-order valence-electron chi connectivity index (χ4n) is 4.18. The predicted octanol–water partition coefficient (Wildman–Crippen LogP) is 3.33. The Morgan fingerprint density at radius 3 is 2.92 bits per heavy atom. The number of amides is 1. The lowest BCUT2D eigenvalue weighted by Crippen LogP contribution is -2.54. The highest BCUT2D eigenvalue weighted by molar-refractivity contribution is 6.30. The van der Waals surface area contributed by atoms with E-state index >= 15 is 0 Å². The number of nitrogens with zero attached hydrogens (tertiary/aromatic N) is 2. The van der Waals surface area contributed by atoms with Gasteiger partial charge in [0.15, 0.2) is 0 Å². The van der Waals surface area contributed by atoms with Crippen molar-refractivity contribution in [1.29, 1.82) is 0 Å². The number of halogens is 2. The maximum Gasteiger partial charge on any atom is 0.222 e. The first-order valence-electron chi connectivity index (χ1n) is 8.94. The summed E-state index contributed by atoms with van der Waals surface area (Å²) >= 11 is 5.78. The number of benzene rings is 1. The Hall–Kier alpha value is -1.17. The molecule has 1 unspecified atom stereocenters. The molecule has 0 saturated carbocycles. The molecule has 2 aliphatic rings. The van der Waals surface area contributed by atoms with E-state index in [4.69, 9.17) is 16.3 Å². The maximum absolute atomic E-state index is 13.7. The Balaban J connectivity index is 1.65. The molecule has 1 atom stereocenters. The summed E-state index contributed by atoms with van der Waals surface area (Å²) in [4.78, 5) is 16.5. The van der Waals surface area contributed by atoms with Crippen LogP contribution in [0.4, 0.5) is 4.39 Å². The molecule has 2 heterocycles. The zero-order valence-corrected chi connectivity index (χ0v) is 15.5. The van der Waals surface area contributed by atoms with E-state index in [-0.39, 0.29) is 22.2 Å². The van der Waals surface area contributed by atoms with Crippen molar-refractivity contribution >= 4 is 17.5 Å². The topological polar surface area (TPSA) is 32.8 Å². The normalized spacial score (nSPS) is 24.9. The van der Waals surface area contributed by atoms with Gasteiger partial charge in [-0.25, -0.2) is 4.39 Å². The van der Waals surface area contributed by atoms with Gasteiger partial charge in [-0.2, -0.15) is 0 Å². The summed E-state index contributed by atoms with van der Waals surface area (Å²) in [6.07, 6.45) is 3.82. The molecule has 138 valence electrons. The number of methoxy groups -OCH3 is 1. The van der Waals surface area contributed by atoms with Crippen LogP contribution in [0, 0.1) is 11.2 Å². The first-order chi connectivity index (χ1) is 12.0. The zero-order chi connectivity index (χ0) is 17.9. The van der Waals surface area contributed by atoms with Crippen molar-refractivity contribution in [2.75, 3.05) is 39.9 Å². The third-order valence-corrected chi connectivity index (χ3v) is 5.75.